The highest BCUT2D eigenvalue weighted by atomic mass is 19.4. The first-order valence-corrected chi connectivity index (χ1v) is 9.29. The molecule has 1 spiro atoms. The molecule has 1 aromatic heterocycles. The lowest BCUT2D eigenvalue weighted by Gasteiger charge is -2.41. The van der Waals surface area contributed by atoms with Crippen molar-refractivity contribution in [3.8, 4) is 0 Å². The number of nitrogens with zero attached hydrogens (tertiary/aromatic N) is 2. The van der Waals surface area contributed by atoms with Gasteiger partial charge in [0.1, 0.15) is 5.69 Å². The van der Waals surface area contributed by atoms with Crippen LogP contribution in [0.3, 0.4) is 0 Å². The van der Waals surface area contributed by atoms with Crippen LogP contribution in [-0.4, -0.2) is 64.5 Å². The Morgan fingerprint density at radius 1 is 1.17 bits per heavy atom. The van der Waals surface area contributed by atoms with Crippen molar-refractivity contribution in [1.29, 1.82) is 0 Å². The number of hydrogen-bond acceptors (Lipinski definition) is 5. The van der Waals surface area contributed by atoms with E-state index in [0.717, 1.165) is 25.1 Å². The smallest absolute Gasteiger partial charge is 0.475 e. The minimum absolute atomic E-state index is 0.0115. The molecule has 0 aliphatic carbocycles. The van der Waals surface area contributed by atoms with E-state index in [1.165, 1.54) is 5.56 Å². The summed E-state index contributed by atoms with van der Waals surface area (Å²) in [4.78, 5) is 23.2. The Hall–Kier alpha value is -3.08. The number of piperidine rings is 1. The molecule has 3 N–H and O–H groups in total. The number of benzene rings is 1. The Balaban J connectivity index is 0.000000318. The second-order valence-electron chi connectivity index (χ2n) is 6.88. The third kappa shape index (κ3) is 4.73. The van der Waals surface area contributed by atoms with Gasteiger partial charge in [0.2, 0.25) is 0 Å². The van der Waals surface area contributed by atoms with Crippen molar-refractivity contribution < 1.29 is 32.6 Å². The van der Waals surface area contributed by atoms with Crippen LogP contribution in [0.2, 0.25) is 0 Å². The Bertz CT molecular complexity index is 878. The molecule has 0 unspecified atom stereocenters. The predicted molar refractivity (Wildman–Crippen MR) is 100.0 cm³/mol. The molecule has 2 aliphatic heterocycles. The largest absolute Gasteiger partial charge is 0.490 e. The number of para-hydroxylation sites is 1. The SMILES string of the molecule is O=C(O)C(F)(F)F.O=C(c1ccn[nH]1)N1CCC2(CC1)OCCNc1ccccc12. The van der Waals surface area contributed by atoms with Crippen molar-refractivity contribution in [3.63, 3.8) is 0 Å². The van der Waals surface area contributed by atoms with Gasteiger partial charge in [-0.3, -0.25) is 9.89 Å². The normalized spacial score (nSPS) is 17.8. The fourth-order valence-corrected chi connectivity index (χ4v) is 3.57. The van der Waals surface area contributed by atoms with Crippen LogP contribution in [-0.2, 0) is 15.1 Å². The van der Waals surface area contributed by atoms with Crippen LogP contribution in [0.5, 0.6) is 0 Å². The highest BCUT2D eigenvalue weighted by molar-refractivity contribution is 5.92. The maximum atomic E-state index is 12.4. The van der Waals surface area contributed by atoms with E-state index < -0.39 is 12.1 Å². The summed E-state index contributed by atoms with van der Waals surface area (Å²) in [5.74, 6) is -2.75. The van der Waals surface area contributed by atoms with Gasteiger partial charge in [-0.2, -0.15) is 18.3 Å². The molecule has 30 heavy (non-hydrogen) atoms. The van der Waals surface area contributed by atoms with Gasteiger partial charge in [0.25, 0.3) is 5.91 Å². The number of likely N-dealkylation sites (tertiary alicyclic amines) is 1. The maximum absolute atomic E-state index is 12.4. The zero-order valence-electron chi connectivity index (χ0n) is 15.9. The van der Waals surface area contributed by atoms with E-state index in [1.54, 1.807) is 12.3 Å². The molecule has 0 radical (unpaired) electrons. The van der Waals surface area contributed by atoms with E-state index >= 15 is 0 Å². The van der Waals surface area contributed by atoms with Crippen LogP contribution in [0.4, 0.5) is 18.9 Å². The van der Waals surface area contributed by atoms with Crippen molar-refractivity contribution in [1.82, 2.24) is 15.1 Å². The number of nitrogens with one attached hydrogen (secondary N) is 2. The van der Waals surface area contributed by atoms with Gasteiger partial charge in [0, 0.05) is 37.1 Å². The summed E-state index contributed by atoms with van der Waals surface area (Å²) in [6.07, 6.45) is -1.86. The number of carbonyl (C=O) groups is 2. The number of halogens is 3. The summed E-state index contributed by atoms with van der Waals surface area (Å²) in [6.45, 7) is 2.87. The second-order valence-corrected chi connectivity index (χ2v) is 6.88. The predicted octanol–water partition coefficient (Wildman–Crippen LogP) is 2.62. The molecule has 1 saturated heterocycles. The van der Waals surface area contributed by atoms with E-state index in [0.29, 0.717) is 25.4 Å². The molecule has 0 atom stereocenters. The number of amides is 1. The number of H-pyrrole nitrogens is 1. The second kappa shape index (κ2) is 8.74. The van der Waals surface area contributed by atoms with Crippen LogP contribution in [0, 0.1) is 0 Å². The highest BCUT2D eigenvalue weighted by Crippen LogP contribution is 2.41. The molecule has 1 fully saturated rings. The lowest BCUT2D eigenvalue weighted by Crippen LogP contribution is -2.46. The zero-order valence-corrected chi connectivity index (χ0v) is 15.9. The molecular formula is C19H21F3N4O4. The number of carbonyl (C=O) groups excluding carboxylic acids is 1. The van der Waals surface area contributed by atoms with E-state index in [9.17, 15) is 18.0 Å². The van der Waals surface area contributed by atoms with Crippen LogP contribution in [0.15, 0.2) is 36.5 Å². The number of fused-ring (bicyclic) bond motifs is 2. The van der Waals surface area contributed by atoms with Gasteiger partial charge >= 0.3 is 12.1 Å². The van der Waals surface area contributed by atoms with Gasteiger partial charge in [-0.25, -0.2) is 4.79 Å². The zero-order chi connectivity index (χ0) is 21.8. The standard InChI is InChI=1S/C17H20N4O2.C2HF3O2/c22-16(15-5-8-19-20-15)21-10-6-17(7-11-21)13-3-1-2-4-14(13)18-9-12-23-17;3-2(4,5)1(6)7/h1-5,8,18H,6-7,9-12H2,(H,19,20);(H,6,7). The first kappa shape index (κ1) is 21.6. The molecule has 1 amide bonds. The molecule has 0 bridgehead atoms. The van der Waals surface area contributed by atoms with Gasteiger partial charge in [-0.1, -0.05) is 18.2 Å². The number of aromatic amines is 1. The van der Waals surface area contributed by atoms with Crippen LogP contribution in [0.1, 0.15) is 28.9 Å². The van der Waals surface area contributed by atoms with Gasteiger partial charge in [-0.05, 0) is 25.0 Å². The highest BCUT2D eigenvalue weighted by Gasteiger charge is 2.41. The number of ether oxygens (including phenoxy) is 1. The summed E-state index contributed by atoms with van der Waals surface area (Å²) >= 11 is 0. The van der Waals surface area contributed by atoms with Crippen LogP contribution < -0.4 is 5.32 Å². The summed E-state index contributed by atoms with van der Waals surface area (Å²) in [5.41, 5.74) is 2.62. The van der Waals surface area contributed by atoms with Gasteiger partial charge in [0.05, 0.1) is 12.2 Å². The average Bonchev–Trinajstić information content (AvgIpc) is 3.20. The Morgan fingerprint density at radius 3 is 2.43 bits per heavy atom. The number of aliphatic carboxylic acids is 1. The Kier molecular flexibility index (Phi) is 6.30. The molecule has 0 saturated carbocycles. The van der Waals surface area contributed by atoms with Crippen LogP contribution >= 0.6 is 0 Å². The van der Waals surface area contributed by atoms with E-state index in [-0.39, 0.29) is 11.5 Å². The molecule has 2 aliphatic rings. The lowest BCUT2D eigenvalue weighted by molar-refractivity contribution is -0.192. The summed E-state index contributed by atoms with van der Waals surface area (Å²) in [5, 5.41) is 17.2. The molecule has 3 heterocycles. The number of carboxylic acid groups (broad SMARTS) is 1. The number of hydrogen-bond donors (Lipinski definition) is 3. The molecule has 2 aromatic rings. The lowest BCUT2D eigenvalue weighted by atomic mass is 9.83. The first-order valence-electron chi connectivity index (χ1n) is 9.29. The summed E-state index contributed by atoms with van der Waals surface area (Å²) in [6, 6.07) is 10.1. The fraction of sp³-hybridized carbons (Fsp3) is 0.421. The van der Waals surface area contributed by atoms with Gasteiger partial charge in [-0.15, -0.1) is 0 Å². The molecule has 11 heteroatoms. The molecule has 4 rings (SSSR count). The monoisotopic (exact) mass is 426 g/mol. The van der Waals surface area contributed by atoms with Crippen molar-refractivity contribution in [2.45, 2.75) is 24.6 Å². The number of rotatable bonds is 1. The quantitative estimate of drug-likeness (QED) is 0.647. The first-order chi connectivity index (χ1) is 14.2. The minimum Gasteiger partial charge on any atom is -0.475 e. The van der Waals surface area contributed by atoms with E-state index in [2.05, 4.69) is 33.7 Å². The van der Waals surface area contributed by atoms with Crippen molar-refractivity contribution in [2.75, 3.05) is 31.6 Å². The van der Waals surface area contributed by atoms with Crippen molar-refractivity contribution in [2.24, 2.45) is 0 Å². The number of alkyl halides is 3. The minimum atomic E-state index is -5.08. The number of anilines is 1. The van der Waals surface area contributed by atoms with Gasteiger partial charge < -0.3 is 20.1 Å². The molecule has 1 aromatic carbocycles. The fourth-order valence-electron chi connectivity index (χ4n) is 3.57. The molecule has 162 valence electrons. The maximum Gasteiger partial charge on any atom is 0.490 e. The number of aromatic nitrogens is 2. The summed E-state index contributed by atoms with van der Waals surface area (Å²) < 4.78 is 38.0. The molecular weight excluding hydrogens is 405 g/mol. The Labute approximate surface area is 170 Å². The van der Waals surface area contributed by atoms with Crippen LogP contribution in [0.25, 0.3) is 0 Å². The van der Waals surface area contributed by atoms with Gasteiger partial charge in [0.15, 0.2) is 0 Å². The molecule has 8 nitrogen and oxygen atoms in total. The van der Waals surface area contributed by atoms with E-state index in [1.807, 2.05) is 11.0 Å². The third-order valence-corrected chi connectivity index (χ3v) is 5.05. The Morgan fingerprint density at radius 2 is 1.83 bits per heavy atom. The van der Waals surface area contributed by atoms with Crippen molar-refractivity contribution >= 4 is 17.6 Å². The average molecular weight is 426 g/mol. The third-order valence-electron chi connectivity index (χ3n) is 5.05. The topological polar surface area (TPSA) is 108 Å². The summed E-state index contributed by atoms with van der Waals surface area (Å²) in [7, 11) is 0. The van der Waals surface area contributed by atoms with E-state index in [4.69, 9.17) is 14.6 Å². The number of carboxylic acids is 1. The van der Waals surface area contributed by atoms with Crippen molar-refractivity contribution in [3.05, 3.63) is 47.8 Å².